The minimum absolute atomic E-state index is 0.140. The Morgan fingerprint density at radius 2 is 1.05 bits per heavy atom. The highest BCUT2D eigenvalue weighted by molar-refractivity contribution is 6.28. The summed E-state index contributed by atoms with van der Waals surface area (Å²) in [4.78, 5) is 14.0. The Labute approximate surface area is 224 Å². The SMILES string of the molecule is Clc1nc(-c2cc(-c3ccccc3)cc(-c3ccccc3)c2)nc(-c2cccc3oc4ccccc4c23)n1. The Morgan fingerprint density at radius 1 is 0.474 bits per heavy atom. The lowest BCUT2D eigenvalue weighted by molar-refractivity contribution is 0.669. The Balaban J connectivity index is 1.44. The summed E-state index contributed by atoms with van der Waals surface area (Å²) >= 11 is 6.52. The molecule has 0 unspecified atom stereocenters. The summed E-state index contributed by atoms with van der Waals surface area (Å²) in [6.45, 7) is 0. The van der Waals surface area contributed by atoms with Crippen LogP contribution in [0.2, 0.25) is 5.28 Å². The van der Waals surface area contributed by atoms with E-state index in [0.717, 1.165) is 55.3 Å². The first-order valence-electron chi connectivity index (χ1n) is 12.3. The van der Waals surface area contributed by atoms with E-state index < -0.39 is 0 Å². The van der Waals surface area contributed by atoms with Crippen LogP contribution in [0.15, 0.2) is 126 Å². The molecule has 2 heterocycles. The van der Waals surface area contributed by atoms with E-state index in [2.05, 4.69) is 52.4 Å². The topological polar surface area (TPSA) is 51.8 Å². The van der Waals surface area contributed by atoms with Crippen molar-refractivity contribution in [3.8, 4) is 45.0 Å². The molecule has 0 N–H and O–H groups in total. The van der Waals surface area contributed by atoms with Crippen molar-refractivity contribution in [2.24, 2.45) is 0 Å². The van der Waals surface area contributed by atoms with Crippen molar-refractivity contribution in [3.05, 3.63) is 127 Å². The second kappa shape index (κ2) is 9.25. The maximum absolute atomic E-state index is 6.52. The Kier molecular flexibility index (Phi) is 5.46. The van der Waals surface area contributed by atoms with Crippen LogP contribution in [0.25, 0.3) is 67.0 Å². The number of fused-ring (bicyclic) bond motifs is 3. The molecule has 38 heavy (non-hydrogen) atoms. The molecule has 0 aliphatic heterocycles. The Bertz CT molecular complexity index is 1870. The van der Waals surface area contributed by atoms with Crippen LogP contribution >= 0.6 is 11.6 Å². The third kappa shape index (κ3) is 4.01. The molecule has 2 aromatic heterocycles. The monoisotopic (exact) mass is 509 g/mol. The van der Waals surface area contributed by atoms with E-state index in [0.29, 0.717) is 11.6 Å². The maximum Gasteiger partial charge on any atom is 0.226 e. The molecule has 7 aromatic rings. The molecule has 5 aromatic carbocycles. The molecule has 180 valence electrons. The summed E-state index contributed by atoms with van der Waals surface area (Å²) in [5.74, 6) is 1.02. The molecular formula is C33H20ClN3O. The normalized spacial score (nSPS) is 11.3. The fourth-order valence-corrected chi connectivity index (χ4v) is 5.07. The third-order valence-corrected chi connectivity index (χ3v) is 6.83. The quantitative estimate of drug-likeness (QED) is 0.237. The van der Waals surface area contributed by atoms with Gasteiger partial charge in [0.25, 0.3) is 0 Å². The molecule has 0 bridgehead atoms. The smallest absolute Gasteiger partial charge is 0.226 e. The molecule has 0 amide bonds. The van der Waals surface area contributed by atoms with Crippen LogP contribution in [0.3, 0.4) is 0 Å². The minimum atomic E-state index is 0.140. The summed E-state index contributed by atoms with van der Waals surface area (Å²) in [5.41, 5.74) is 7.67. The van der Waals surface area contributed by atoms with Gasteiger partial charge in [-0.2, -0.15) is 9.97 Å². The van der Waals surface area contributed by atoms with Crippen LogP contribution in [-0.4, -0.2) is 15.0 Å². The van der Waals surface area contributed by atoms with Gasteiger partial charge in [-0.25, -0.2) is 4.98 Å². The minimum Gasteiger partial charge on any atom is -0.456 e. The van der Waals surface area contributed by atoms with Crippen LogP contribution in [0.1, 0.15) is 0 Å². The van der Waals surface area contributed by atoms with Crippen molar-refractivity contribution >= 4 is 33.5 Å². The summed E-state index contributed by atoms with van der Waals surface area (Å²) < 4.78 is 6.08. The van der Waals surface area contributed by atoms with Crippen molar-refractivity contribution in [2.45, 2.75) is 0 Å². The van der Waals surface area contributed by atoms with Crippen LogP contribution in [0.5, 0.6) is 0 Å². The summed E-state index contributed by atoms with van der Waals surface area (Å²) in [6.07, 6.45) is 0. The van der Waals surface area contributed by atoms with Gasteiger partial charge in [0.05, 0.1) is 0 Å². The molecular weight excluding hydrogens is 490 g/mol. The molecule has 0 atom stereocenters. The van der Waals surface area contributed by atoms with Crippen molar-refractivity contribution in [1.82, 2.24) is 15.0 Å². The predicted octanol–water partition coefficient (Wildman–Crippen LogP) is 9.09. The summed E-state index contributed by atoms with van der Waals surface area (Å²) in [5, 5.41) is 2.11. The van der Waals surface area contributed by atoms with Crippen molar-refractivity contribution in [2.75, 3.05) is 0 Å². The number of furan rings is 1. The molecule has 0 radical (unpaired) electrons. The Hall–Kier alpha value is -4.80. The van der Waals surface area contributed by atoms with Gasteiger partial charge in [0.15, 0.2) is 11.6 Å². The number of rotatable bonds is 4. The van der Waals surface area contributed by atoms with Gasteiger partial charge in [-0.1, -0.05) is 91.0 Å². The number of nitrogens with zero attached hydrogens (tertiary/aromatic N) is 3. The number of aromatic nitrogens is 3. The zero-order valence-corrected chi connectivity index (χ0v) is 20.9. The highest BCUT2D eigenvalue weighted by atomic mass is 35.5. The van der Waals surface area contributed by atoms with Crippen LogP contribution < -0.4 is 0 Å². The molecule has 7 rings (SSSR count). The highest BCUT2D eigenvalue weighted by Gasteiger charge is 2.17. The first-order chi connectivity index (χ1) is 18.7. The maximum atomic E-state index is 6.52. The van der Waals surface area contributed by atoms with Gasteiger partial charge in [0.1, 0.15) is 11.2 Å². The van der Waals surface area contributed by atoms with Crippen molar-refractivity contribution in [3.63, 3.8) is 0 Å². The molecule has 0 spiro atoms. The van der Waals surface area contributed by atoms with Gasteiger partial charge in [-0.05, 0) is 64.2 Å². The van der Waals surface area contributed by atoms with Gasteiger partial charge in [0, 0.05) is 21.9 Å². The lowest BCUT2D eigenvalue weighted by Gasteiger charge is -2.11. The number of para-hydroxylation sites is 1. The standard InChI is InChI=1S/C33H20ClN3O/c34-33-36-31(35-32(37-33)27-15-9-17-29-30(27)26-14-7-8-16-28(26)38-29)25-19-23(21-10-3-1-4-11-21)18-24(20-25)22-12-5-2-6-13-22/h1-20H. The van der Waals surface area contributed by atoms with E-state index in [1.807, 2.05) is 78.9 Å². The summed E-state index contributed by atoms with van der Waals surface area (Å²) in [7, 11) is 0. The second-order valence-electron chi connectivity index (χ2n) is 9.06. The molecule has 4 nitrogen and oxygen atoms in total. The Morgan fingerprint density at radius 3 is 1.76 bits per heavy atom. The lowest BCUT2D eigenvalue weighted by Crippen LogP contribution is -1.98. The summed E-state index contributed by atoms with van der Waals surface area (Å²) in [6, 6.07) is 40.9. The van der Waals surface area contributed by atoms with Crippen LogP contribution in [-0.2, 0) is 0 Å². The average molecular weight is 510 g/mol. The van der Waals surface area contributed by atoms with Gasteiger partial charge >= 0.3 is 0 Å². The van der Waals surface area contributed by atoms with Crippen LogP contribution in [0, 0.1) is 0 Å². The number of halogens is 1. The number of hydrogen-bond acceptors (Lipinski definition) is 4. The predicted molar refractivity (Wildman–Crippen MR) is 154 cm³/mol. The number of benzene rings is 5. The average Bonchev–Trinajstić information content (AvgIpc) is 3.36. The van der Waals surface area contributed by atoms with Crippen LogP contribution in [0.4, 0.5) is 0 Å². The van der Waals surface area contributed by atoms with E-state index in [4.69, 9.17) is 21.0 Å². The fourth-order valence-electron chi connectivity index (χ4n) is 4.91. The van der Waals surface area contributed by atoms with E-state index in [9.17, 15) is 0 Å². The second-order valence-corrected chi connectivity index (χ2v) is 9.40. The lowest BCUT2D eigenvalue weighted by atomic mass is 9.96. The molecule has 0 aliphatic carbocycles. The van der Waals surface area contributed by atoms with Crippen molar-refractivity contribution < 1.29 is 4.42 Å². The number of hydrogen-bond donors (Lipinski definition) is 0. The zero-order valence-electron chi connectivity index (χ0n) is 20.2. The van der Waals surface area contributed by atoms with E-state index in [1.54, 1.807) is 0 Å². The van der Waals surface area contributed by atoms with Gasteiger partial charge < -0.3 is 4.42 Å². The molecule has 5 heteroatoms. The third-order valence-electron chi connectivity index (χ3n) is 6.66. The van der Waals surface area contributed by atoms with Gasteiger partial charge in [-0.3, -0.25) is 0 Å². The van der Waals surface area contributed by atoms with Crippen molar-refractivity contribution in [1.29, 1.82) is 0 Å². The molecule has 0 fully saturated rings. The highest BCUT2D eigenvalue weighted by Crippen LogP contribution is 2.37. The fraction of sp³-hybridized carbons (Fsp3) is 0. The van der Waals surface area contributed by atoms with E-state index in [-0.39, 0.29) is 5.28 Å². The largest absolute Gasteiger partial charge is 0.456 e. The van der Waals surface area contributed by atoms with Gasteiger partial charge in [-0.15, -0.1) is 0 Å². The molecule has 0 saturated carbocycles. The molecule has 0 saturated heterocycles. The first-order valence-corrected chi connectivity index (χ1v) is 12.7. The molecule has 0 aliphatic rings. The first kappa shape index (κ1) is 22.4. The van der Waals surface area contributed by atoms with E-state index in [1.165, 1.54) is 0 Å². The van der Waals surface area contributed by atoms with Gasteiger partial charge in [0.2, 0.25) is 5.28 Å². The van der Waals surface area contributed by atoms with E-state index >= 15 is 0 Å². The zero-order chi connectivity index (χ0) is 25.5.